The summed E-state index contributed by atoms with van der Waals surface area (Å²) in [5.41, 5.74) is 0. The summed E-state index contributed by atoms with van der Waals surface area (Å²) >= 11 is 0. The first-order chi connectivity index (χ1) is 13.7. The van der Waals surface area contributed by atoms with Crippen LogP contribution >= 0.6 is 0 Å². The lowest BCUT2D eigenvalue weighted by Crippen LogP contribution is -2.21. The maximum absolute atomic E-state index is 11.5. The summed E-state index contributed by atoms with van der Waals surface area (Å²) in [6.45, 7) is 3.01. The Balaban J connectivity index is 3.15. The van der Waals surface area contributed by atoms with E-state index in [9.17, 15) is 9.90 Å². The van der Waals surface area contributed by atoms with E-state index in [1.54, 1.807) is 6.08 Å². The third kappa shape index (κ3) is 21.4. The van der Waals surface area contributed by atoms with Gasteiger partial charge in [-0.05, 0) is 31.8 Å². The molecule has 1 atom stereocenters. The lowest BCUT2D eigenvalue weighted by Gasteiger charge is -2.08. The highest BCUT2D eigenvalue weighted by Gasteiger charge is 2.02. The minimum absolute atomic E-state index is 0.0488. The van der Waals surface area contributed by atoms with Crippen molar-refractivity contribution in [2.45, 2.75) is 122 Å². The van der Waals surface area contributed by atoms with Crippen LogP contribution in [0.3, 0.4) is 0 Å². The molecule has 0 aliphatic heterocycles. The van der Waals surface area contributed by atoms with E-state index in [0.29, 0.717) is 6.42 Å². The summed E-state index contributed by atoms with van der Waals surface area (Å²) in [7, 11) is 0. The molecule has 4 heteroatoms. The van der Waals surface area contributed by atoms with E-state index in [1.807, 2.05) is 6.08 Å². The fraction of sp³-hybridized carbons (Fsp3) is 0.875. The van der Waals surface area contributed by atoms with Crippen molar-refractivity contribution in [1.82, 2.24) is 5.32 Å². The van der Waals surface area contributed by atoms with Crippen LogP contribution in [0.1, 0.15) is 116 Å². The van der Waals surface area contributed by atoms with Crippen molar-refractivity contribution in [1.29, 1.82) is 0 Å². The van der Waals surface area contributed by atoms with Crippen LogP contribution in [0.2, 0.25) is 0 Å². The van der Waals surface area contributed by atoms with Gasteiger partial charge >= 0.3 is 0 Å². The number of allylic oxidation sites excluding steroid dienone is 1. The van der Waals surface area contributed by atoms with Crippen LogP contribution in [-0.4, -0.2) is 35.4 Å². The number of unbranched alkanes of at least 4 members (excludes halogenated alkanes) is 13. The summed E-state index contributed by atoms with van der Waals surface area (Å²) < 4.78 is 0. The van der Waals surface area contributed by atoms with Crippen LogP contribution in [0.5, 0.6) is 0 Å². The van der Waals surface area contributed by atoms with Crippen LogP contribution < -0.4 is 5.32 Å². The van der Waals surface area contributed by atoms with Crippen LogP contribution in [0.15, 0.2) is 12.2 Å². The second-order valence-electron chi connectivity index (χ2n) is 8.03. The number of hydrogen-bond donors (Lipinski definition) is 3. The van der Waals surface area contributed by atoms with Crippen molar-refractivity contribution in [3.63, 3.8) is 0 Å². The molecule has 0 aliphatic rings. The first-order valence-electron chi connectivity index (χ1n) is 11.9. The number of nitrogens with one attached hydrogen (secondary N) is 1. The quantitative estimate of drug-likeness (QED) is 0.173. The standard InChI is InChI=1S/C24H47NO3/c1-2-3-15-19-24(28)25-21-17-14-12-10-8-6-4-5-7-9-11-13-16-18-23(27)20-22-26/h15,19,23,26-27H,2-14,16-18,20-22H2,1H3,(H,25,28)/b19-15+. The largest absolute Gasteiger partial charge is 0.396 e. The van der Waals surface area contributed by atoms with Gasteiger partial charge in [0.1, 0.15) is 0 Å². The van der Waals surface area contributed by atoms with E-state index >= 15 is 0 Å². The van der Waals surface area contributed by atoms with Gasteiger partial charge in [-0.3, -0.25) is 4.79 Å². The van der Waals surface area contributed by atoms with Crippen molar-refractivity contribution < 1.29 is 15.0 Å². The summed E-state index contributed by atoms with van der Waals surface area (Å²) in [5, 5.41) is 21.2. The molecule has 0 aromatic rings. The van der Waals surface area contributed by atoms with Crippen molar-refractivity contribution in [3.05, 3.63) is 12.2 Å². The number of aliphatic hydroxyl groups excluding tert-OH is 2. The zero-order valence-corrected chi connectivity index (χ0v) is 18.5. The van der Waals surface area contributed by atoms with Gasteiger partial charge in [0.05, 0.1) is 6.10 Å². The van der Waals surface area contributed by atoms with Crippen molar-refractivity contribution >= 4 is 5.91 Å². The Morgan fingerprint density at radius 3 is 1.82 bits per heavy atom. The Hall–Kier alpha value is -0.870. The van der Waals surface area contributed by atoms with Gasteiger partial charge in [-0.25, -0.2) is 0 Å². The minimum Gasteiger partial charge on any atom is -0.396 e. The normalized spacial score (nSPS) is 12.5. The zero-order valence-electron chi connectivity index (χ0n) is 18.5. The molecule has 0 spiro atoms. The molecule has 1 unspecified atom stereocenters. The van der Waals surface area contributed by atoms with E-state index in [0.717, 1.165) is 38.6 Å². The van der Waals surface area contributed by atoms with Gasteiger partial charge in [-0.1, -0.05) is 96.5 Å². The third-order valence-electron chi connectivity index (χ3n) is 5.20. The number of rotatable bonds is 21. The van der Waals surface area contributed by atoms with Gasteiger partial charge in [-0.2, -0.15) is 0 Å². The molecule has 3 N–H and O–H groups in total. The van der Waals surface area contributed by atoms with Gasteiger partial charge < -0.3 is 15.5 Å². The average Bonchev–Trinajstić information content (AvgIpc) is 2.68. The molecule has 0 bridgehead atoms. The fourth-order valence-electron chi connectivity index (χ4n) is 3.37. The molecule has 0 aromatic carbocycles. The Bertz CT molecular complexity index is 358. The first kappa shape index (κ1) is 27.1. The van der Waals surface area contributed by atoms with E-state index in [1.165, 1.54) is 70.6 Å². The van der Waals surface area contributed by atoms with Crippen LogP contribution in [0.25, 0.3) is 0 Å². The van der Waals surface area contributed by atoms with Crippen LogP contribution in [-0.2, 0) is 4.79 Å². The Kier molecular flexibility index (Phi) is 21.7. The monoisotopic (exact) mass is 397 g/mol. The minimum atomic E-state index is -0.309. The molecule has 0 aliphatic carbocycles. The Morgan fingerprint density at radius 1 is 0.821 bits per heavy atom. The summed E-state index contributed by atoms with van der Waals surface area (Å²) in [4.78, 5) is 11.5. The fourth-order valence-corrected chi connectivity index (χ4v) is 3.37. The van der Waals surface area contributed by atoms with Gasteiger partial charge in [0.25, 0.3) is 0 Å². The molecule has 0 saturated heterocycles. The highest BCUT2D eigenvalue weighted by atomic mass is 16.3. The smallest absolute Gasteiger partial charge is 0.243 e. The second kappa shape index (κ2) is 22.4. The predicted octanol–water partition coefficient (Wildman–Crippen LogP) is 5.66. The van der Waals surface area contributed by atoms with Gasteiger partial charge in [-0.15, -0.1) is 0 Å². The maximum Gasteiger partial charge on any atom is 0.243 e. The molecule has 0 saturated carbocycles. The van der Waals surface area contributed by atoms with Crippen molar-refractivity contribution in [2.24, 2.45) is 0 Å². The molecule has 0 radical (unpaired) electrons. The SMILES string of the molecule is CCC/C=C/C(=O)NCCCCCCCCCCCCCCCC(O)CCO. The Labute approximate surface area is 174 Å². The van der Waals surface area contributed by atoms with Crippen LogP contribution in [0.4, 0.5) is 0 Å². The molecule has 0 rings (SSSR count). The number of aliphatic hydroxyl groups is 2. The number of amides is 1. The molecule has 0 heterocycles. The van der Waals surface area contributed by atoms with E-state index in [2.05, 4.69) is 12.2 Å². The predicted molar refractivity (Wildman–Crippen MR) is 119 cm³/mol. The van der Waals surface area contributed by atoms with E-state index in [4.69, 9.17) is 5.11 Å². The summed E-state index contributed by atoms with van der Waals surface area (Å²) in [5.74, 6) is 0.0488. The zero-order chi connectivity index (χ0) is 20.7. The molecule has 1 amide bonds. The van der Waals surface area contributed by atoms with Gasteiger partial charge in [0.15, 0.2) is 0 Å². The van der Waals surface area contributed by atoms with Crippen molar-refractivity contribution in [2.75, 3.05) is 13.2 Å². The Morgan fingerprint density at radius 2 is 1.32 bits per heavy atom. The lowest BCUT2D eigenvalue weighted by atomic mass is 10.0. The van der Waals surface area contributed by atoms with E-state index in [-0.39, 0.29) is 18.6 Å². The highest BCUT2D eigenvalue weighted by Crippen LogP contribution is 2.13. The number of hydrogen-bond acceptors (Lipinski definition) is 3. The molecular weight excluding hydrogens is 350 g/mol. The van der Waals surface area contributed by atoms with Gasteiger partial charge in [0, 0.05) is 13.2 Å². The first-order valence-corrected chi connectivity index (χ1v) is 11.9. The average molecular weight is 398 g/mol. The third-order valence-corrected chi connectivity index (χ3v) is 5.20. The molecule has 4 nitrogen and oxygen atoms in total. The van der Waals surface area contributed by atoms with Crippen molar-refractivity contribution in [3.8, 4) is 0 Å². The molecule has 166 valence electrons. The lowest BCUT2D eigenvalue weighted by molar-refractivity contribution is -0.116. The van der Waals surface area contributed by atoms with E-state index < -0.39 is 0 Å². The second-order valence-corrected chi connectivity index (χ2v) is 8.03. The maximum atomic E-state index is 11.5. The molecule has 28 heavy (non-hydrogen) atoms. The van der Waals surface area contributed by atoms with Crippen LogP contribution in [0, 0.1) is 0 Å². The topological polar surface area (TPSA) is 69.6 Å². The number of carbonyl (C=O) groups is 1. The summed E-state index contributed by atoms with van der Waals surface area (Å²) in [6, 6.07) is 0. The molecular formula is C24H47NO3. The molecule has 0 aromatic heterocycles. The number of carbonyl (C=O) groups excluding carboxylic acids is 1. The summed E-state index contributed by atoms with van der Waals surface area (Å²) in [6.07, 6.45) is 23.2. The molecule has 0 fully saturated rings. The highest BCUT2D eigenvalue weighted by molar-refractivity contribution is 5.87. The van der Waals surface area contributed by atoms with Gasteiger partial charge in [0.2, 0.25) is 5.91 Å².